The van der Waals surface area contributed by atoms with Crippen molar-refractivity contribution in [2.24, 2.45) is 5.92 Å². The molecule has 1 atom stereocenters. The summed E-state index contributed by atoms with van der Waals surface area (Å²) in [7, 11) is 0. The summed E-state index contributed by atoms with van der Waals surface area (Å²) >= 11 is 0.829. The highest BCUT2D eigenvalue weighted by Gasteiger charge is 2.34. The van der Waals surface area contributed by atoms with Crippen LogP contribution in [0.15, 0.2) is 30.3 Å². The fraction of sp³-hybridized carbons (Fsp3) is 0.211. The molecule has 28 heavy (non-hydrogen) atoms. The van der Waals surface area contributed by atoms with Crippen LogP contribution in [-0.4, -0.2) is 22.0 Å². The number of rotatable bonds is 4. The average molecular weight is 406 g/mol. The quantitative estimate of drug-likeness (QED) is 0.668. The number of nitrogens with zero attached hydrogens (tertiary/aromatic N) is 2. The van der Waals surface area contributed by atoms with Crippen LogP contribution in [0, 0.1) is 23.4 Å². The van der Waals surface area contributed by atoms with Crippen molar-refractivity contribution in [3.8, 4) is 0 Å². The molecule has 9 heteroatoms. The van der Waals surface area contributed by atoms with Gasteiger partial charge in [-0.25, -0.2) is 18.2 Å². The van der Waals surface area contributed by atoms with E-state index in [1.54, 1.807) is 24.3 Å². The van der Waals surface area contributed by atoms with Gasteiger partial charge in [0, 0.05) is 11.8 Å². The van der Waals surface area contributed by atoms with E-state index >= 15 is 0 Å². The first-order valence-electron chi connectivity index (χ1n) is 8.39. The molecule has 0 aliphatic carbocycles. The van der Waals surface area contributed by atoms with Crippen LogP contribution < -0.4 is 4.90 Å². The number of halogens is 3. The third-order valence-corrected chi connectivity index (χ3v) is 5.69. The maximum Gasteiger partial charge on any atom is 0.304 e. The average Bonchev–Trinajstić information content (AvgIpc) is 3.07. The molecule has 1 amide bonds. The van der Waals surface area contributed by atoms with Crippen LogP contribution in [-0.2, 0) is 22.6 Å². The maximum atomic E-state index is 14.0. The molecule has 0 fully saturated rings. The lowest BCUT2D eigenvalue weighted by Crippen LogP contribution is -2.41. The minimum absolute atomic E-state index is 0.0915. The molecule has 4 rings (SSSR count). The summed E-state index contributed by atoms with van der Waals surface area (Å²) in [4.78, 5) is 29.3. The second-order valence-corrected chi connectivity index (χ2v) is 7.58. The Labute approximate surface area is 161 Å². The lowest BCUT2D eigenvalue weighted by atomic mass is 9.89. The molecular weight excluding hydrogens is 393 g/mol. The fourth-order valence-corrected chi connectivity index (χ4v) is 4.36. The number of amides is 1. The molecule has 144 valence electrons. The molecular formula is C19H13F3N2O3S. The Bertz CT molecular complexity index is 1120. The minimum atomic E-state index is -1.33. The largest absolute Gasteiger partial charge is 0.481 e. The third kappa shape index (κ3) is 3.11. The first-order valence-corrected chi connectivity index (χ1v) is 9.20. The fourth-order valence-electron chi connectivity index (χ4n) is 3.40. The number of benzene rings is 2. The van der Waals surface area contributed by atoms with Gasteiger partial charge in [0.1, 0.15) is 16.3 Å². The first-order chi connectivity index (χ1) is 13.3. The van der Waals surface area contributed by atoms with Crippen molar-refractivity contribution in [1.29, 1.82) is 0 Å². The Balaban J connectivity index is 1.74. The Hall–Kier alpha value is -2.94. The third-order valence-electron chi connectivity index (χ3n) is 4.64. The van der Waals surface area contributed by atoms with E-state index in [4.69, 9.17) is 5.11 Å². The van der Waals surface area contributed by atoms with Crippen LogP contribution in [0.4, 0.5) is 18.9 Å². The Kier molecular flexibility index (Phi) is 4.54. The number of para-hydroxylation sites is 1. The molecule has 0 saturated heterocycles. The van der Waals surface area contributed by atoms with Crippen molar-refractivity contribution in [3.05, 3.63) is 58.4 Å². The van der Waals surface area contributed by atoms with Gasteiger partial charge in [-0.1, -0.05) is 18.2 Å². The second kappa shape index (κ2) is 6.90. The van der Waals surface area contributed by atoms with Gasteiger partial charge in [0.05, 0.1) is 23.6 Å². The molecule has 0 spiro atoms. The van der Waals surface area contributed by atoms with Gasteiger partial charge in [0.15, 0.2) is 11.6 Å². The number of carbonyl (C=O) groups is 2. The van der Waals surface area contributed by atoms with Gasteiger partial charge < -0.3 is 10.0 Å². The molecule has 3 aromatic rings. The van der Waals surface area contributed by atoms with Crippen LogP contribution in [0.3, 0.4) is 0 Å². The van der Waals surface area contributed by atoms with E-state index < -0.39 is 40.8 Å². The number of fused-ring (bicyclic) bond motifs is 2. The standard InChI is InChI=1S/C19H13F3N2O3S/c20-11-7-12(21)18-17(16(11)22)23-14(28-18)8-24-13-4-2-1-3-9(13)5-10(19(24)27)6-15(25)26/h1-4,7,10H,5-6,8H2,(H,25,26). The molecule has 0 radical (unpaired) electrons. The summed E-state index contributed by atoms with van der Waals surface area (Å²) in [5, 5.41) is 9.31. The minimum Gasteiger partial charge on any atom is -0.481 e. The zero-order valence-electron chi connectivity index (χ0n) is 14.3. The number of carbonyl (C=O) groups excluding carboxylic acids is 1. The number of hydrogen-bond acceptors (Lipinski definition) is 4. The van der Waals surface area contributed by atoms with Crippen LogP contribution in [0.5, 0.6) is 0 Å². The van der Waals surface area contributed by atoms with Gasteiger partial charge in [-0.15, -0.1) is 11.3 Å². The lowest BCUT2D eigenvalue weighted by molar-refractivity contribution is -0.140. The van der Waals surface area contributed by atoms with Crippen LogP contribution in [0.1, 0.15) is 17.0 Å². The Morgan fingerprint density at radius 1 is 1.25 bits per heavy atom. The molecule has 2 aromatic carbocycles. The number of carboxylic acid groups (broad SMARTS) is 1. The highest BCUT2D eigenvalue weighted by atomic mass is 32.1. The Morgan fingerprint density at radius 2 is 2.00 bits per heavy atom. The zero-order valence-corrected chi connectivity index (χ0v) is 15.1. The van der Waals surface area contributed by atoms with E-state index in [9.17, 15) is 22.8 Å². The normalized spacial score (nSPS) is 16.5. The van der Waals surface area contributed by atoms with E-state index in [1.165, 1.54) is 4.90 Å². The van der Waals surface area contributed by atoms with Crippen molar-refractivity contribution in [2.45, 2.75) is 19.4 Å². The van der Waals surface area contributed by atoms with Gasteiger partial charge in [-0.3, -0.25) is 9.59 Å². The number of anilines is 1. The second-order valence-electron chi connectivity index (χ2n) is 6.49. The van der Waals surface area contributed by atoms with Crippen molar-refractivity contribution >= 4 is 39.1 Å². The molecule has 1 aliphatic rings. The van der Waals surface area contributed by atoms with Crippen LogP contribution >= 0.6 is 11.3 Å². The summed E-state index contributed by atoms with van der Waals surface area (Å²) in [6, 6.07) is 7.51. The zero-order chi connectivity index (χ0) is 20.0. The van der Waals surface area contributed by atoms with Gasteiger partial charge in [0.25, 0.3) is 0 Å². The Morgan fingerprint density at radius 3 is 2.75 bits per heavy atom. The highest BCUT2D eigenvalue weighted by Crippen LogP contribution is 2.35. The van der Waals surface area contributed by atoms with Crippen molar-refractivity contribution < 1.29 is 27.9 Å². The van der Waals surface area contributed by atoms with Crippen LogP contribution in [0.2, 0.25) is 0 Å². The molecule has 1 unspecified atom stereocenters. The molecule has 0 bridgehead atoms. The van der Waals surface area contributed by atoms with Crippen molar-refractivity contribution in [1.82, 2.24) is 4.98 Å². The lowest BCUT2D eigenvalue weighted by Gasteiger charge is -2.33. The van der Waals surface area contributed by atoms with E-state index in [-0.39, 0.29) is 22.7 Å². The monoisotopic (exact) mass is 406 g/mol. The predicted octanol–water partition coefficient (Wildman–Crippen LogP) is 3.89. The van der Waals surface area contributed by atoms with Gasteiger partial charge in [-0.2, -0.15) is 0 Å². The van der Waals surface area contributed by atoms with Crippen molar-refractivity contribution in [2.75, 3.05) is 4.90 Å². The maximum absolute atomic E-state index is 14.0. The molecule has 2 heterocycles. The summed E-state index contributed by atoms with van der Waals surface area (Å²) < 4.78 is 41.2. The molecule has 1 N–H and O–H groups in total. The summed E-state index contributed by atoms with van der Waals surface area (Å²) in [6.45, 7) is -0.0915. The predicted molar refractivity (Wildman–Crippen MR) is 96.6 cm³/mol. The van der Waals surface area contributed by atoms with E-state index in [0.717, 1.165) is 16.9 Å². The number of aromatic nitrogens is 1. The van der Waals surface area contributed by atoms with Crippen molar-refractivity contribution in [3.63, 3.8) is 0 Å². The molecule has 1 aliphatic heterocycles. The number of thiazole rings is 1. The SMILES string of the molecule is O=C(O)CC1Cc2ccccc2N(Cc2nc3c(F)c(F)cc(F)c3s2)C1=O. The summed E-state index contributed by atoms with van der Waals surface area (Å²) in [6.07, 6.45) is -0.0237. The molecule has 5 nitrogen and oxygen atoms in total. The number of aliphatic carboxylic acids is 1. The van der Waals surface area contributed by atoms with Gasteiger partial charge in [0.2, 0.25) is 5.91 Å². The number of hydrogen-bond donors (Lipinski definition) is 1. The van der Waals surface area contributed by atoms with E-state index in [0.29, 0.717) is 18.2 Å². The molecule has 1 aromatic heterocycles. The first kappa shape index (κ1) is 18.4. The molecule has 0 saturated carbocycles. The summed E-state index contributed by atoms with van der Waals surface area (Å²) in [5.74, 6) is -5.72. The van der Waals surface area contributed by atoms with Gasteiger partial charge >= 0.3 is 5.97 Å². The van der Waals surface area contributed by atoms with Gasteiger partial charge in [-0.05, 0) is 18.1 Å². The highest BCUT2D eigenvalue weighted by molar-refractivity contribution is 7.18. The number of carboxylic acids is 1. The summed E-state index contributed by atoms with van der Waals surface area (Å²) in [5.41, 5.74) is 0.982. The van der Waals surface area contributed by atoms with E-state index in [2.05, 4.69) is 4.98 Å². The van der Waals surface area contributed by atoms with E-state index in [1.807, 2.05) is 0 Å². The van der Waals surface area contributed by atoms with Crippen LogP contribution in [0.25, 0.3) is 10.2 Å². The topological polar surface area (TPSA) is 70.5 Å². The smallest absolute Gasteiger partial charge is 0.304 e.